The van der Waals surface area contributed by atoms with Gasteiger partial charge in [0.2, 0.25) is 0 Å². The van der Waals surface area contributed by atoms with Crippen LogP contribution in [0.1, 0.15) is 11.1 Å². The first-order chi connectivity index (χ1) is 10.2. The summed E-state index contributed by atoms with van der Waals surface area (Å²) < 4.78 is 2.32. The van der Waals surface area contributed by atoms with Gasteiger partial charge in [-0.15, -0.1) is 0 Å². The summed E-state index contributed by atoms with van der Waals surface area (Å²) in [5.41, 5.74) is 6.17. The molecule has 0 unspecified atom stereocenters. The van der Waals surface area contributed by atoms with Crippen LogP contribution in [-0.4, -0.2) is 9.55 Å². The zero-order valence-corrected chi connectivity index (χ0v) is 12.2. The fraction of sp³-hybridized carbons (Fsp3) is 0.105. The van der Waals surface area contributed by atoms with Crippen LogP contribution in [0.25, 0.3) is 27.5 Å². The summed E-state index contributed by atoms with van der Waals surface area (Å²) in [4.78, 5) is 4.30. The first kappa shape index (κ1) is 12.2. The van der Waals surface area contributed by atoms with Gasteiger partial charge < -0.3 is 4.57 Å². The van der Waals surface area contributed by atoms with Crippen LogP contribution in [0.5, 0.6) is 0 Å². The summed E-state index contributed by atoms with van der Waals surface area (Å²) in [6, 6.07) is 17.3. The van der Waals surface area contributed by atoms with Gasteiger partial charge in [0, 0.05) is 28.9 Å². The third-order valence-corrected chi connectivity index (χ3v) is 3.98. The molecule has 102 valence electrons. The maximum Gasteiger partial charge on any atom is 0.0571 e. The molecule has 0 N–H and O–H groups in total. The SMILES string of the molecule is Cc1cccc(-n2c3ccncc3c3cc(C)ccc32)c1. The zero-order chi connectivity index (χ0) is 14.4. The van der Waals surface area contributed by atoms with E-state index in [0.717, 1.165) is 0 Å². The predicted octanol–water partition coefficient (Wildman–Crippen LogP) is 4.80. The van der Waals surface area contributed by atoms with Crippen molar-refractivity contribution in [2.45, 2.75) is 13.8 Å². The van der Waals surface area contributed by atoms with Gasteiger partial charge in [-0.25, -0.2) is 0 Å². The van der Waals surface area contributed by atoms with Crippen molar-refractivity contribution in [1.82, 2.24) is 9.55 Å². The Morgan fingerprint density at radius 3 is 2.48 bits per heavy atom. The van der Waals surface area contributed by atoms with Crippen LogP contribution in [0.15, 0.2) is 60.9 Å². The molecule has 2 heteroatoms. The second-order valence-electron chi connectivity index (χ2n) is 5.59. The monoisotopic (exact) mass is 272 g/mol. The van der Waals surface area contributed by atoms with Gasteiger partial charge in [-0.1, -0.05) is 23.8 Å². The van der Waals surface area contributed by atoms with E-state index in [9.17, 15) is 0 Å². The van der Waals surface area contributed by atoms with Gasteiger partial charge in [0.15, 0.2) is 0 Å². The lowest BCUT2D eigenvalue weighted by molar-refractivity contribution is 1.16. The van der Waals surface area contributed by atoms with Crippen molar-refractivity contribution in [3.05, 3.63) is 72.1 Å². The van der Waals surface area contributed by atoms with E-state index < -0.39 is 0 Å². The van der Waals surface area contributed by atoms with Crippen LogP contribution >= 0.6 is 0 Å². The minimum absolute atomic E-state index is 1.20. The fourth-order valence-electron chi connectivity index (χ4n) is 3.03. The Bertz CT molecular complexity index is 964. The molecule has 0 saturated carbocycles. The molecule has 0 aliphatic carbocycles. The van der Waals surface area contributed by atoms with E-state index in [1.165, 1.54) is 38.6 Å². The molecule has 4 rings (SSSR count). The summed E-state index contributed by atoms with van der Waals surface area (Å²) in [5.74, 6) is 0. The number of hydrogen-bond acceptors (Lipinski definition) is 1. The van der Waals surface area contributed by atoms with Crippen molar-refractivity contribution in [3.8, 4) is 5.69 Å². The highest BCUT2D eigenvalue weighted by Crippen LogP contribution is 2.32. The Morgan fingerprint density at radius 1 is 0.810 bits per heavy atom. The largest absolute Gasteiger partial charge is 0.309 e. The lowest BCUT2D eigenvalue weighted by Gasteiger charge is -2.08. The summed E-state index contributed by atoms with van der Waals surface area (Å²) >= 11 is 0. The highest BCUT2D eigenvalue weighted by atomic mass is 15.0. The van der Waals surface area contributed by atoms with E-state index in [-0.39, 0.29) is 0 Å². The standard InChI is InChI=1S/C19H16N2/c1-13-4-3-5-15(10-13)21-18-7-6-14(2)11-16(18)17-12-20-9-8-19(17)21/h3-12H,1-2H3. The van der Waals surface area contributed by atoms with E-state index in [1.54, 1.807) is 0 Å². The van der Waals surface area contributed by atoms with Crippen LogP contribution in [0.4, 0.5) is 0 Å². The summed E-state index contributed by atoms with van der Waals surface area (Å²) in [7, 11) is 0. The second-order valence-corrected chi connectivity index (χ2v) is 5.59. The molecule has 0 saturated heterocycles. The molecule has 0 radical (unpaired) electrons. The molecular formula is C19H16N2. The quantitative estimate of drug-likeness (QED) is 0.487. The molecule has 0 atom stereocenters. The number of rotatable bonds is 1. The van der Waals surface area contributed by atoms with Crippen molar-refractivity contribution < 1.29 is 0 Å². The molecule has 4 aromatic rings. The van der Waals surface area contributed by atoms with Gasteiger partial charge in [0.25, 0.3) is 0 Å². The fourth-order valence-corrected chi connectivity index (χ4v) is 3.03. The molecule has 0 fully saturated rings. The van der Waals surface area contributed by atoms with E-state index >= 15 is 0 Å². The van der Waals surface area contributed by atoms with E-state index in [1.807, 2.05) is 12.4 Å². The van der Waals surface area contributed by atoms with Crippen LogP contribution in [0, 0.1) is 13.8 Å². The van der Waals surface area contributed by atoms with E-state index in [4.69, 9.17) is 0 Å². The Balaban J connectivity index is 2.20. The summed E-state index contributed by atoms with van der Waals surface area (Å²) in [6.07, 6.45) is 3.82. The maximum atomic E-state index is 4.30. The van der Waals surface area contributed by atoms with Gasteiger partial charge in [-0.05, 0) is 49.7 Å². The van der Waals surface area contributed by atoms with Crippen molar-refractivity contribution >= 4 is 21.8 Å². The van der Waals surface area contributed by atoms with Gasteiger partial charge in [0.05, 0.1) is 11.0 Å². The number of pyridine rings is 1. The lowest BCUT2D eigenvalue weighted by Crippen LogP contribution is -1.94. The normalized spacial score (nSPS) is 11.3. The highest BCUT2D eigenvalue weighted by Gasteiger charge is 2.12. The van der Waals surface area contributed by atoms with Gasteiger partial charge in [-0.3, -0.25) is 4.98 Å². The molecule has 2 aromatic carbocycles. The van der Waals surface area contributed by atoms with Crippen LogP contribution < -0.4 is 0 Å². The third-order valence-electron chi connectivity index (χ3n) is 3.98. The smallest absolute Gasteiger partial charge is 0.0571 e. The van der Waals surface area contributed by atoms with E-state index in [0.29, 0.717) is 0 Å². The van der Waals surface area contributed by atoms with Gasteiger partial charge >= 0.3 is 0 Å². The Kier molecular flexibility index (Phi) is 2.58. The zero-order valence-electron chi connectivity index (χ0n) is 12.2. The van der Waals surface area contributed by atoms with Crippen LogP contribution in [0.2, 0.25) is 0 Å². The van der Waals surface area contributed by atoms with Gasteiger partial charge in [-0.2, -0.15) is 0 Å². The average molecular weight is 272 g/mol. The number of hydrogen-bond donors (Lipinski definition) is 0. The van der Waals surface area contributed by atoms with Crippen molar-refractivity contribution in [3.63, 3.8) is 0 Å². The maximum absolute atomic E-state index is 4.30. The van der Waals surface area contributed by atoms with E-state index in [2.05, 4.69) is 71.9 Å². The first-order valence-corrected chi connectivity index (χ1v) is 7.16. The molecule has 0 bridgehead atoms. The second kappa shape index (κ2) is 4.45. The van der Waals surface area contributed by atoms with Crippen molar-refractivity contribution in [2.24, 2.45) is 0 Å². The van der Waals surface area contributed by atoms with Crippen molar-refractivity contribution in [2.75, 3.05) is 0 Å². The van der Waals surface area contributed by atoms with Crippen molar-refractivity contribution in [1.29, 1.82) is 0 Å². The molecule has 21 heavy (non-hydrogen) atoms. The molecule has 2 heterocycles. The number of benzene rings is 2. The Labute approximate surface area is 123 Å². The number of aryl methyl sites for hydroxylation is 2. The molecule has 2 aromatic heterocycles. The number of nitrogens with zero attached hydrogens (tertiary/aromatic N) is 2. The number of fused-ring (bicyclic) bond motifs is 3. The Morgan fingerprint density at radius 2 is 1.62 bits per heavy atom. The lowest BCUT2D eigenvalue weighted by atomic mass is 10.1. The van der Waals surface area contributed by atoms with Gasteiger partial charge in [0.1, 0.15) is 0 Å². The first-order valence-electron chi connectivity index (χ1n) is 7.16. The molecule has 0 aliphatic heterocycles. The number of aromatic nitrogens is 2. The highest BCUT2D eigenvalue weighted by molar-refractivity contribution is 6.09. The predicted molar refractivity (Wildman–Crippen MR) is 88.1 cm³/mol. The molecule has 0 aliphatic rings. The minimum Gasteiger partial charge on any atom is -0.309 e. The molecule has 0 amide bonds. The van der Waals surface area contributed by atoms with Crippen LogP contribution in [0.3, 0.4) is 0 Å². The topological polar surface area (TPSA) is 17.8 Å². The average Bonchev–Trinajstić information content (AvgIpc) is 2.81. The molecule has 0 spiro atoms. The van der Waals surface area contributed by atoms with Crippen LogP contribution in [-0.2, 0) is 0 Å². The molecular weight excluding hydrogens is 256 g/mol. The molecule has 2 nitrogen and oxygen atoms in total. The summed E-state index contributed by atoms with van der Waals surface area (Å²) in [5, 5.41) is 2.47. The summed E-state index contributed by atoms with van der Waals surface area (Å²) in [6.45, 7) is 4.26. The minimum atomic E-state index is 1.20. The Hall–Kier alpha value is -2.61. The third kappa shape index (κ3) is 1.83.